The second-order valence-corrected chi connectivity index (χ2v) is 3.15. The van der Waals surface area contributed by atoms with E-state index in [0.29, 0.717) is 0 Å². The molecule has 0 aliphatic carbocycles. The van der Waals surface area contributed by atoms with Gasteiger partial charge in [0.2, 0.25) is 0 Å². The molecule has 0 fully saturated rings. The molecule has 0 bridgehead atoms. The fourth-order valence-corrected chi connectivity index (χ4v) is 1.35. The Hall–Kier alpha value is -1.11. The van der Waals surface area contributed by atoms with E-state index in [2.05, 4.69) is 4.98 Å². The summed E-state index contributed by atoms with van der Waals surface area (Å²) in [6.45, 7) is 0. The van der Waals surface area contributed by atoms with Crippen molar-refractivity contribution in [3.63, 3.8) is 0 Å². The van der Waals surface area contributed by atoms with Gasteiger partial charge in [-0.15, -0.1) is 0 Å². The molecular weight excluding hydrogens is 207 g/mol. The van der Waals surface area contributed by atoms with Crippen molar-refractivity contribution in [2.75, 3.05) is 0 Å². The number of hydrogen-bond donors (Lipinski definition) is 2. The van der Waals surface area contributed by atoms with E-state index in [4.69, 9.17) is 5.11 Å². The highest BCUT2D eigenvalue weighted by molar-refractivity contribution is 8.00. The van der Waals surface area contributed by atoms with Crippen LogP contribution in [0, 0.1) is 0 Å². The first-order valence-electron chi connectivity index (χ1n) is 3.06. The summed E-state index contributed by atoms with van der Waals surface area (Å²) < 4.78 is 35.4. The van der Waals surface area contributed by atoms with Gasteiger partial charge in [0.25, 0.3) is 0 Å². The molecule has 0 aliphatic heterocycles. The molecular formula is C6H4F3NO2S. The van der Waals surface area contributed by atoms with Crippen LogP contribution in [-0.4, -0.2) is 21.6 Å². The van der Waals surface area contributed by atoms with Gasteiger partial charge in [-0.1, -0.05) is 0 Å². The minimum atomic E-state index is -4.48. The van der Waals surface area contributed by atoms with Crippen molar-refractivity contribution in [3.8, 4) is 0 Å². The molecule has 0 spiro atoms. The highest BCUT2D eigenvalue weighted by atomic mass is 32.2. The highest BCUT2D eigenvalue weighted by Crippen LogP contribution is 2.37. The fourth-order valence-electron chi connectivity index (χ4n) is 0.723. The van der Waals surface area contributed by atoms with Crippen molar-refractivity contribution in [1.82, 2.24) is 4.98 Å². The number of carbonyl (C=O) groups is 1. The predicted molar refractivity (Wildman–Crippen MR) is 39.7 cm³/mol. The van der Waals surface area contributed by atoms with Crippen molar-refractivity contribution >= 4 is 17.7 Å². The van der Waals surface area contributed by atoms with E-state index in [1.165, 1.54) is 0 Å². The number of carboxylic acids is 1. The van der Waals surface area contributed by atoms with Crippen molar-refractivity contribution in [1.29, 1.82) is 0 Å². The summed E-state index contributed by atoms with van der Waals surface area (Å²) in [6, 6.07) is 1.08. The normalized spacial score (nSPS) is 11.6. The first-order chi connectivity index (χ1) is 5.90. The van der Waals surface area contributed by atoms with E-state index in [9.17, 15) is 18.0 Å². The molecule has 0 unspecified atom stereocenters. The van der Waals surface area contributed by atoms with Gasteiger partial charge in [-0.3, -0.25) is 0 Å². The minimum Gasteiger partial charge on any atom is -0.478 e. The van der Waals surface area contributed by atoms with Gasteiger partial charge in [0.15, 0.2) is 0 Å². The molecule has 1 aromatic rings. The summed E-state index contributed by atoms with van der Waals surface area (Å²) in [6.07, 6.45) is 1.15. The van der Waals surface area contributed by atoms with Crippen LogP contribution in [0.5, 0.6) is 0 Å². The van der Waals surface area contributed by atoms with Crippen molar-refractivity contribution < 1.29 is 23.1 Å². The van der Waals surface area contributed by atoms with Gasteiger partial charge in [0.1, 0.15) is 0 Å². The number of halogens is 3. The van der Waals surface area contributed by atoms with Crippen LogP contribution in [0.2, 0.25) is 0 Å². The molecule has 2 N–H and O–H groups in total. The summed E-state index contributed by atoms with van der Waals surface area (Å²) >= 11 is -0.474. The molecule has 7 heteroatoms. The Labute approximate surface area is 74.9 Å². The molecule has 13 heavy (non-hydrogen) atoms. The Kier molecular flexibility index (Phi) is 2.55. The van der Waals surface area contributed by atoms with Crippen LogP contribution in [0.1, 0.15) is 10.4 Å². The smallest absolute Gasteiger partial charge is 0.447 e. The molecule has 0 saturated carbocycles. The number of hydrogen-bond acceptors (Lipinski definition) is 2. The summed E-state index contributed by atoms with van der Waals surface area (Å²) in [5, 5.41) is 8.05. The first-order valence-corrected chi connectivity index (χ1v) is 3.88. The van der Waals surface area contributed by atoms with Crippen LogP contribution in [0.25, 0.3) is 0 Å². The Bertz CT molecular complexity index is 320. The zero-order chi connectivity index (χ0) is 10.1. The zero-order valence-corrected chi connectivity index (χ0v) is 6.87. The highest BCUT2D eigenvalue weighted by Gasteiger charge is 2.32. The predicted octanol–water partition coefficient (Wildman–Crippen LogP) is 2.32. The Morgan fingerprint density at radius 3 is 2.62 bits per heavy atom. The van der Waals surface area contributed by atoms with Gasteiger partial charge in [0, 0.05) is 18.0 Å². The lowest BCUT2D eigenvalue weighted by atomic mass is 10.3. The van der Waals surface area contributed by atoms with E-state index in [1.54, 1.807) is 0 Å². The maximum absolute atomic E-state index is 11.8. The van der Waals surface area contributed by atoms with Crippen LogP contribution in [0.3, 0.4) is 0 Å². The van der Waals surface area contributed by atoms with Crippen molar-refractivity contribution in [3.05, 3.63) is 17.8 Å². The maximum atomic E-state index is 11.8. The van der Waals surface area contributed by atoms with Gasteiger partial charge in [-0.05, 0) is 6.07 Å². The quantitative estimate of drug-likeness (QED) is 0.738. The monoisotopic (exact) mass is 211 g/mol. The lowest BCUT2D eigenvalue weighted by molar-refractivity contribution is -0.0329. The van der Waals surface area contributed by atoms with Crippen LogP contribution < -0.4 is 0 Å². The molecule has 0 aliphatic rings. The Morgan fingerprint density at radius 1 is 1.54 bits per heavy atom. The number of aromatic amines is 1. The molecule has 72 valence electrons. The molecule has 1 heterocycles. The topological polar surface area (TPSA) is 53.1 Å². The average molecular weight is 211 g/mol. The number of aromatic nitrogens is 1. The number of thioether (sulfide) groups is 1. The average Bonchev–Trinajstić information content (AvgIpc) is 2.31. The Balaban J connectivity index is 2.89. The second-order valence-electron chi connectivity index (χ2n) is 2.07. The van der Waals surface area contributed by atoms with Crippen LogP contribution in [0.15, 0.2) is 17.3 Å². The third-order valence-electron chi connectivity index (χ3n) is 1.16. The van der Waals surface area contributed by atoms with Gasteiger partial charge in [-0.25, -0.2) is 4.79 Å². The van der Waals surface area contributed by atoms with Gasteiger partial charge >= 0.3 is 11.5 Å². The van der Waals surface area contributed by atoms with Crippen LogP contribution >= 0.6 is 11.8 Å². The van der Waals surface area contributed by atoms with E-state index in [1.807, 2.05) is 0 Å². The van der Waals surface area contributed by atoms with Crippen molar-refractivity contribution in [2.45, 2.75) is 10.5 Å². The van der Waals surface area contributed by atoms with Crippen LogP contribution in [0.4, 0.5) is 13.2 Å². The molecule has 0 radical (unpaired) electrons. The van der Waals surface area contributed by atoms with E-state index < -0.39 is 28.3 Å². The molecule has 1 aromatic heterocycles. The Morgan fingerprint density at radius 2 is 2.15 bits per heavy atom. The van der Waals surface area contributed by atoms with E-state index >= 15 is 0 Å². The molecule has 1 rings (SSSR count). The standard InChI is InChI=1S/C6H4F3NO2S/c7-6(8,9)13-4-3(5(11)12)1-2-10-4/h1-2,10H,(H,11,12). The maximum Gasteiger partial charge on any atom is 0.447 e. The number of H-pyrrole nitrogens is 1. The van der Waals surface area contributed by atoms with Gasteiger partial charge < -0.3 is 10.1 Å². The number of nitrogens with one attached hydrogen (secondary N) is 1. The summed E-state index contributed by atoms with van der Waals surface area (Å²) in [5.74, 6) is -1.38. The molecule has 0 aromatic carbocycles. The molecule has 0 atom stereocenters. The summed E-state index contributed by atoms with van der Waals surface area (Å²) in [5.41, 5.74) is -4.85. The number of aromatic carboxylic acids is 1. The molecule has 0 saturated heterocycles. The molecule has 0 amide bonds. The third kappa shape index (κ3) is 2.69. The third-order valence-corrected chi connectivity index (χ3v) is 1.93. The SMILES string of the molecule is O=C(O)c1cc[nH]c1SC(F)(F)F. The van der Waals surface area contributed by atoms with Crippen molar-refractivity contribution in [2.24, 2.45) is 0 Å². The van der Waals surface area contributed by atoms with E-state index in [-0.39, 0.29) is 5.56 Å². The van der Waals surface area contributed by atoms with Gasteiger partial charge in [-0.2, -0.15) is 13.2 Å². The largest absolute Gasteiger partial charge is 0.478 e. The fraction of sp³-hybridized carbons (Fsp3) is 0.167. The lowest BCUT2D eigenvalue weighted by Crippen LogP contribution is -2.03. The summed E-state index contributed by atoms with van der Waals surface area (Å²) in [4.78, 5) is 12.6. The second kappa shape index (κ2) is 3.33. The first kappa shape index (κ1) is 9.97. The summed E-state index contributed by atoms with van der Waals surface area (Å²) in [7, 11) is 0. The molecule has 3 nitrogen and oxygen atoms in total. The minimum absolute atomic E-state index is 0.373. The number of carboxylic acid groups (broad SMARTS) is 1. The van der Waals surface area contributed by atoms with Gasteiger partial charge in [0.05, 0.1) is 10.6 Å². The lowest BCUT2D eigenvalue weighted by Gasteiger charge is -2.03. The van der Waals surface area contributed by atoms with Crippen LogP contribution in [-0.2, 0) is 0 Å². The number of rotatable bonds is 2. The zero-order valence-electron chi connectivity index (χ0n) is 6.05. The number of alkyl halides is 3. The van der Waals surface area contributed by atoms with E-state index in [0.717, 1.165) is 12.3 Å².